The first-order chi connectivity index (χ1) is 8.01. The molecule has 5 nitrogen and oxygen atoms in total. The maximum atomic E-state index is 10.9. The highest BCUT2D eigenvalue weighted by Crippen LogP contribution is 1.99. The normalized spacial score (nSPS) is 19.6. The number of nitrogens with zero attached hydrogens (tertiary/aromatic N) is 2. The van der Waals surface area contributed by atoms with E-state index in [1.807, 2.05) is 0 Å². The molecular weight excluding hydrogens is 238 g/mol. The number of likely N-dealkylation sites (N-methyl/N-ethyl adjacent to an activating group) is 1. The van der Waals surface area contributed by atoms with Crippen molar-refractivity contribution in [1.29, 1.82) is 0 Å². The molecule has 0 unspecified atom stereocenters. The second-order valence-corrected chi connectivity index (χ2v) is 6.92. The van der Waals surface area contributed by atoms with Gasteiger partial charge in [-0.25, -0.2) is 8.42 Å². The average Bonchev–Trinajstić information content (AvgIpc) is 2.28. The molecule has 0 aromatic rings. The molecule has 0 aromatic carbocycles. The highest BCUT2D eigenvalue weighted by molar-refractivity contribution is 7.90. The summed E-state index contributed by atoms with van der Waals surface area (Å²) < 4.78 is 21.8. The van der Waals surface area contributed by atoms with Crippen LogP contribution < -0.4 is 5.32 Å². The molecule has 0 radical (unpaired) electrons. The molecular formula is C11H25N3O2S. The quantitative estimate of drug-likeness (QED) is 0.613. The van der Waals surface area contributed by atoms with Crippen molar-refractivity contribution in [3.05, 3.63) is 0 Å². The molecule has 1 rings (SSSR count). The first kappa shape index (κ1) is 14.9. The van der Waals surface area contributed by atoms with Gasteiger partial charge in [0.2, 0.25) is 0 Å². The standard InChI is InChI=1S/C11H25N3O2S/c1-3-13-7-9-14(10-8-13)6-4-12-5-11-17(2,15)16/h12H,3-11H2,1-2H3. The van der Waals surface area contributed by atoms with Gasteiger partial charge in [0.25, 0.3) is 0 Å². The first-order valence-corrected chi connectivity index (χ1v) is 8.40. The molecule has 102 valence electrons. The van der Waals surface area contributed by atoms with E-state index in [2.05, 4.69) is 22.0 Å². The van der Waals surface area contributed by atoms with Crippen molar-refractivity contribution in [3.63, 3.8) is 0 Å². The van der Waals surface area contributed by atoms with Crippen molar-refractivity contribution in [3.8, 4) is 0 Å². The van der Waals surface area contributed by atoms with Crippen LogP contribution in [0.1, 0.15) is 6.92 Å². The van der Waals surface area contributed by atoms with Gasteiger partial charge in [0, 0.05) is 52.1 Å². The molecule has 0 bridgehead atoms. The Bertz CT molecular complexity index is 298. The van der Waals surface area contributed by atoms with Crippen molar-refractivity contribution in [2.24, 2.45) is 0 Å². The lowest BCUT2D eigenvalue weighted by Gasteiger charge is -2.33. The Morgan fingerprint density at radius 2 is 1.65 bits per heavy atom. The SMILES string of the molecule is CCN1CCN(CCNCCS(C)(=O)=O)CC1. The zero-order chi connectivity index (χ0) is 12.7. The fourth-order valence-electron chi connectivity index (χ4n) is 1.95. The maximum Gasteiger partial charge on any atom is 0.148 e. The molecule has 1 N–H and O–H groups in total. The lowest BCUT2D eigenvalue weighted by molar-refractivity contribution is 0.138. The van der Waals surface area contributed by atoms with E-state index in [0.29, 0.717) is 6.54 Å². The van der Waals surface area contributed by atoms with Crippen molar-refractivity contribution >= 4 is 9.84 Å². The van der Waals surface area contributed by atoms with Gasteiger partial charge in [-0.05, 0) is 6.54 Å². The molecule has 1 aliphatic rings. The fraction of sp³-hybridized carbons (Fsp3) is 1.00. The molecule has 0 amide bonds. The van der Waals surface area contributed by atoms with Crippen LogP contribution in [0.3, 0.4) is 0 Å². The third kappa shape index (κ3) is 6.98. The van der Waals surface area contributed by atoms with E-state index in [4.69, 9.17) is 0 Å². The third-order valence-corrected chi connectivity index (χ3v) is 4.11. The van der Waals surface area contributed by atoms with Gasteiger partial charge < -0.3 is 10.2 Å². The minimum atomic E-state index is -2.82. The van der Waals surface area contributed by atoms with Gasteiger partial charge in [0.15, 0.2) is 0 Å². The summed E-state index contributed by atoms with van der Waals surface area (Å²) in [6.45, 7) is 10.3. The topological polar surface area (TPSA) is 52.6 Å². The number of piperazine rings is 1. The Balaban J connectivity index is 2.01. The summed E-state index contributed by atoms with van der Waals surface area (Å²) in [4.78, 5) is 4.88. The van der Waals surface area contributed by atoms with Crippen LogP contribution in [-0.4, -0.2) is 82.6 Å². The molecule has 0 atom stereocenters. The van der Waals surface area contributed by atoms with E-state index >= 15 is 0 Å². The molecule has 6 heteroatoms. The van der Waals surface area contributed by atoms with E-state index in [9.17, 15) is 8.42 Å². The monoisotopic (exact) mass is 263 g/mol. The lowest BCUT2D eigenvalue weighted by atomic mass is 10.3. The van der Waals surface area contributed by atoms with Gasteiger partial charge in [0.1, 0.15) is 9.84 Å². The summed E-state index contributed by atoms with van der Waals surface area (Å²) in [7, 11) is -2.82. The number of rotatable bonds is 7. The van der Waals surface area contributed by atoms with Gasteiger partial charge in [-0.15, -0.1) is 0 Å². The number of hydrogen-bond acceptors (Lipinski definition) is 5. The average molecular weight is 263 g/mol. The summed E-state index contributed by atoms with van der Waals surface area (Å²) in [6, 6.07) is 0. The van der Waals surface area contributed by atoms with Gasteiger partial charge in [-0.3, -0.25) is 4.90 Å². The summed E-state index contributed by atoms with van der Waals surface area (Å²) >= 11 is 0. The van der Waals surface area contributed by atoms with Crippen molar-refractivity contribution < 1.29 is 8.42 Å². The number of sulfone groups is 1. The van der Waals surface area contributed by atoms with Crippen LogP contribution in [0.4, 0.5) is 0 Å². The summed E-state index contributed by atoms with van der Waals surface area (Å²) in [6.07, 6.45) is 1.28. The fourth-order valence-corrected chi connectivity index (χ4v) is 2.46. The minimum Gasteiger partial charge on any atom is -0.314 e. The van der Waals surface area contributed by atoms with Crippen molar-refractivity contribution in [2.75, 3.05) is 64.4 Å². The molecule has 1 fully saturated rings. The Kier molecular flexibility index (Phi) is 6.40. The van der Waals surface area contributed by atoms with Crippen LogP contribution in [0.2, 0.25) is 0 Å². The molecule has 1 heterocycles. The van der Waals surface area contributed by atoms with E-state index in [0.717, 1.165) is 45.8 Å². The Morgan fingerprint density at radius 1 is 1.06 bits per heavy atom. The second kappa shape index (κ2) is 7.31. The Morgan fingerprint density at radius 3 is 2.18 bits per heavy atom. The third-order valence-electron chi connectivity index (χ3n) is 3.17. The van der Waals surface area contributed by atoms with E-state index in [1.54, 1.807) is 0 Å². The van der Waals surface area contributed by atoms with Crippen molar-refractivity contribution in [1.82, 2.24) is 15.1 Å². The van der Waals surface area contributed by atoms with Gasteiger partial charge in [-0.2, -0.15) is 0 Å². The zero-order valence-electron chi connectivity index (χ0n) is 11.0. The van der Waals surface area contributed by atoms with Gasteiger partial charge in [-0.1, -0.05) is 6.92 Å². The largest absolute Gasteiger partial charge is 0.314 e. The predicted octanol–water partition coefficient (Wildman–Crippen LogP) is -0.742. The Labute approximate surface area is 105 Å². The second-order valence-electron chi connectivity index (χ2n) is 4.66. The Hall–Kier alpha value is -0.170. The maximum absolute atomic E-state index is 10.9. The van der Waals surface area contributed by atoms with Crippen LogP contribution in [0.15, 0.2) is 0 Å². The summed E-state index contributed by atoms with van der Waals surface area (Å²) in [5.41, 5.74) is 0. The summed E-state index contributed by atoms with van der Waals surface area (Å²) in [5, 5.41) is 3.18. The molecule has 0 saturated carbocycles. The van der Waals surface area contributed by atoms with Crippen molar-refractivity contribution in [2.45, 2.75) is 6.92 Å². The first-order valence-electron chi connectivity index (χ1n) is 6.34. The van der Waals surface area contributed by atoms with E-state index in [1.165, 1.54) is 6.26 Å². The smallest absolute Gasteiger partial charge is 0.148 e. The van der Waals surface area contributed by atoms with Crippen LogP contribution in [-0.2, 0) is 9.84 Å². The van der Waals surface area contributed by atoms with Crippen LogP contribution in [0, 0.1) is 0 Å². The number of hydrogen-bond donors (Lipinski definition) is 1. The molecule has 0 aromatic heterocycles. The zero-order valence-corrected chi connectivity index (χ0v) is 11.8. The highest BCUT2D eigenvalue weighted by Gasteiger charge is 2.14. The molecule has 17 heavy (non-hydrogen) atoms. The van der Waals surface area contributed by atoms with E-state index in [-0.39, 0.29) is 5.75 Å². The van der Waals surface area contributed by atoms with E-state index < -0.39 is 9.84 Å². The van der Waals surface area contributed by atoms with Crippen LogP contribution in [0.5, 0.6) is 0 Å². The lowest BCUT2D eigenvalue weighted by Crippen LogP contribution is -2.48. The van der Waals surface area contributed by atoms with Crippen LogP contribution >= 0.6 is 0 Å². The summed E-state index contributed by atoms with van der Waals surface area (Å²) in [5.74, 6) is 0.233. The van der Waals surface area contributed by atoms with Gasteiger partial charge in [0.05, 0.1) is 5.75 Å². The minimum absolute atomic E-state index is 0.233. The van der Waals surface area contributed by atoms with Gasteiger partial charge >= 0.3 is 0 Å². The van der Waals surface area contributed by atoms with Crippen LogP contribution in [0.25, 0.3) is 0 Å². The molecule has 0 spiro atoms. The number of nitrogens with one attached hydrogen (secondary N) is 1. The molecule has 1 saturated heterocycles. The molecule has 0 aliphatic carbocycles. The predicted molar refractivity (Wildman–Crippen MR) is 71.1 cm³/mol. The molecule has 1 aliphatic heterocycles. The highest BCUT2D eigenvalue weighted by atomic mass is 32.2.